The van der Waals surface area contributed by atoms with Gasteiger partial charge in [-0.05, 0) is 60.9 Å². The molecule has 1 aliphatic heterocycles. The van der Waals surface area contributed by atoms with Gasteiger partial charge >= 0.3 is 5.97 Å². The van der Waals surface area contributed by atoms with Gasteiger partial charge in [-0.2, -0.15) is 0 Å². The summed E-state index contributed by atoms with van der Waals surface area (Å²) >= 11 is 1.25. The monoisotopic (exact) mass is 514 g/mol. The standard InChI is InChI=1S/C29H26N2O5S/c1-4-35-23-15-18(13-14-22(23)32)16-24-27(33)31-26(21-12-8-10-19-9-6-7-11-20(19)21)25(28(34)36-5-2)17(3)30-29(31)37-24/h6-16,26,32H,4-5H2,1-3H3/b24-16+. The first kappa shape index (κ1) is 24.5. The van der Waals surface area contributed by atoms with Crippen molar-refractivity contribution in [1.29, 1.82) is 0 Å². The van der Waals surface area contributed by atoms with E-state index < -0.39 is 12.0 Å². The zero-order valence-corrected chi connectivity index (χ0v) is 21.5. The van der Waals surface area contributed by atoms with Crippen molar-refractivity contribution in [3.05, 3.63) is 103 Å². The van der Waals surface area contributed by atoms with E-state index in [1.54, 1.807) is 36.6 Å². The average Bonchev–Trinajstić information content (AvgIpc) is 3.19. The predicted octanol–water partition coefficient (Wildman–Crippen LogP) is 4.06. The highest BCUT2D eigenvalue weighted by atomic mass is 32.1. The van der Waals surface area contributed by atoms with Gasteiger partial charge in [0.15, 0.2) is 16.3 Å². The van der Waals surface area contributed by atoms with Crippen molar-refractivity contribution in [3.63, 3.8) is 0 Å². The highest BCUT2D eigenvalue weighted by molar-refractivity contribution is 7.07. The summed E-state index contributed by atoms with van der Waals surface area (Å²) in [5.74, 6) is -0.111. The number of carbonyl (C=O) groups is 1. The van der Waals surface area contributed by atoms with Gasteiger partial charge in [0.05, 0.1) is 35.1 Å². The maximum absolute atomic E-state index is 13.9. The Kier molecular flexibility index (Phi) is 6.67. The van der Waals surface area contributed by atoms with Gasteiger partial charge in [-0.15, -0.1) is 0 Å². The average molecular weight is 515 g/mol. The second kappa shape index (κ2) is 10.1. The number of phenols is 1. The number of aromatic nitrogens is 1. The van der Waals surface area contributed by atoms with Crippen molar-refractivity contribution in [1.82, 2.24) is 4.57 Å². The minimum absolute atomic E-state index is 0.0334. The summed E-state index contributed by atoms with van der Waals surface area (Å²) in [5.41, 5.74) is 2.14. The molecule has 8 heteroatoms. The molecule has 0 fully saturated rings. The number of benzene rings is 3. The summed E-state index contributed by atoms with van der Waals surface area (Å²) < 4.78 is 12.9. The highest BCUT2D eigenvalue weighted by Gasteiger charge is 2.34. The van der Waals surface area contributed by atoms with E-state index in [0.717, 1.165) is 16.3 Å². The Hall–Kier alpha value is -4.17. The normalized spacial score (nSPS) is 15.4. The molecule has 2 heterocycles. The smallest absolute Gasteiger partial charge is 0.338 e. The lowest BCUT2D eigenvalue weighted by Gasteiger charge is -2.25. The number of aromatic hydroxyl groups is 1. The Bertz CT molecular complexity index is 1730. The second-order valence-corrected chi connectivity index (χ2v) is 9.54. The Morgan fingerprint density at radius 2 is 1.89 bits per heavy atom. The molecular formula is C29H26N2O5S. The number of hydrogen-bond acceptors (Lipinski definition) is 7. The summed E-state index contributed by atoms with van der Waals surface area (Å²) in [5, 5.41) is 12.0. The lowest BCUT2D eigenvalue weighted by atomic mass is 9.91. The molecule has 37 heavy (non-hydrogen) atoms. The molecule has 0 saturated heterocycles. The molecule has 1 N–H and O–H groups in total. The van der Waals surface area contributed by atoms with Crippen LogP contribution in [-0.4, -0.2) is 28.9 Å². The number of rotatable bonds is 6. The molecule has 0 bridgehead atoms. The van der Waals surface area contributed by atoms with Crippen molar-refractivity contribution >= 4 is 34.2 Å². The van der Waals surface area contributed by atoms with Crippen molar-refractivity contribution in [2.24, 2.45) is 4.99 Å². The quantitative estimate of drug-likeness (QED) is 0.392. The fourth-order valence-corrected chi connectivity index (χ4v) is 5.66. The Morgan fingerprint density at radius 3 is 2.68 bits per heavy atom. The minimum atomic E-state index is -0.692. The third kappa shape index (κ3) is 4.44. The molecule has 3 aromatic carbocycles. The first-order chi connectivity index (χ1) is 17.9. The molecule has 0 amide bonds. The van der Waals surface area contributed by atoms with Crippen LogP contribution in [0.15, 0.2) is 81.7 Å². The fraction of sp³-hybridized carbons (Fsp3) is 0.207. The van der Waals surface area contributed by atoms with Gasteiger partial charge in [-0.25, -0.2) is 9.79 Å². The van der Waals surface area contributed by atoms with Crippen LogP contribution >= 0.6 is 11.3 Å². The van der Waals surface area contributed by atoms with E-state index in [4.69, 9.17) is 9.47 Å². The van der Waals surface area contributed by atoms with E-state index >= 15 is 0 Å². The molecule has 1 aromatic heterocycles. The highest BCUT2D eigenvalue weighted by Crippen LogP contribution is 2.35. The first-order valence-electron chi connectivity index (χ1n) is 12.1. The van der Waals surface area contributed by atoms with Crippen LogP contribution in [0.25, 0.3) is 16.8 Å². The molecule has 5 rings (SSSR count). The number of hydrogen-bond donors (Lipinski definition) is 1. The molecule has 7 nitrogen and oxygen atoms in total. The predicted molar refractivity (Wildman–Crippen MR) is 144 cm³/mol. The Morgan fingerprint density at radius 1 is 1.11 bits per heavy atom. The lowest BCUT2D eigenvalue weighted by molar-refractivity contribution is -0.139. The van der Waals surface area contributed by atoms with Crippen LogP contribution in [0, 0.1) is 0 Å². The van der Waals surface area contributed by atoms with Gasteiger partial charge in [0, 0.05) is 0 Å². The number of thiazole rings is 1. The number of allylic oxidation sites excluding steroid dienone is 1. The largest absolute Gasteiger partial charge is 0.504 e. The van der Waals surface area contributed by atoms with Crippen LogP contribution in [-0.2, 0) is 9.53 Å². The summed E-state index contributed by atoms with van der Waals surface area (Å²) in [6, 6.07) is 18.0. The van der Waals surface area contributed by atoms with Gasteiger partial charge in [-0.3, -0.25) is 9.36 Å². The molecule has 188 valence electrons. The maximum atomic E-state index is 13.9. The van der Waals surface area contributed by atoms with E-state index in [9.17, 15) is 14.7 Å². The summed E-state index contributed by atoms with van der Waals surface area (Å²) in [4.78, 5) is 32.2. The molecule has 1 aliphatic rings. The first-order valence-corrected chi connectivity index (χ1v) is 12.9. The molecule has 1 atom stereocenters. The summed E-state index contributed by atoms with van der Waals surface area (Å²) in [7, 11) is 0. The van der Waals surface area contributed by atoms with E-state index in [1.165, 1.54) is 17.4 Å². The lowest BCUT2D eigenvalue weighted by Crippen LogP contribution is -2.40. The zero-order chi connectivity index (χ0) is 26.1. The molecule has 0 aliphatic carbocycles. The number of ether oxygens (including phenoxy) is 2. The molecule has 1 unspecified atom stereocenters. The number of carbonyl (C=O) groups excluding carboxylic acids is 1. The summed E-state index contributed by atoms with van der Waals surface area (Å²) in [6.07, 6.45) is 1.75. The third-order valence-corrected chi connectivity index (χ3v) is 7.20. The Labute approximate surface area is 217 Å². The third-order valence-electron chi connectivity index (χ3n) is 6.22. The number of fused-ring (bicyclic) bond motifs is 2. The molecule has 4 aromatic rings. The topological polar surface area (TPSA) is 90.1 Å². The van der Waals surface area contributed by atoms with E-state index in [2.05, 4.69) is 4.99 Å². The van der Waals surface area contributed by atoms with Crippen LogP contribution in [0.4, 0.5) is 0 Å². The zero-order valence-electron chi connectivity index (χ0n) is 20.7. The van der Waals surface area contributed by atoms with E-state index in [1.807, 2.05) is 49.4 Å². The number of nitrogens with zero attached hydrogens (tertiary/aromatic N) is 2. The van der Waals surface area contributed by atoms with Gasteiger partial charge in [0.25, 0.3) is 5.56 Å². The van der Waals surface area contributed by atoms with E-state index in [0.29, 0.717) is 38.5 Å². The van der Waals surface area contributed by atoms with Crippen molar-refractivity contribution in [2.45, 2.75) is 26.8 Å². The molecule has 0 saturated carbocycles. The van der Waals surface area contributed by atoms with Crippen LogP contribution in [0.2, 0.25) is 0 Å². The number of esters is 1. The van der Waals surface area contributed by atoms with Gasteiger partial charge in [-0.1, -0.05) is 59.9 Å². The van der Waals surface area contributed by atoms with Crippen molar-refractivity contribution in [2.75, 3.05) is 13.2 Å². The summed E-state index contributed by atoms with van der Waals surface area (Å²) in [6.45, 7) is 5.98. The van der Waals surface area contributed by atoms with Crippen LogP contribution < -0.4 is 19.6 Å². The minimum Gasteiger partial charge on any atom is -0.504 e. The molecule has 0 spiro atoms. The van der Waals surface area contributed by atoms with Crippen LogP contribution in [0.1, 0.15) is 37.9 Å². The van der Waals surface area contributed by atoms with Crippen LogP contribution in [0.3, 0.4) is 0 Å². The molecule has 0 radical (unpaired) electrons. The second-order valence-electron chi connectivity index (χ2n) is 8.53. The Balaban J connectivity index is 1.76. The SMILES string of the molecule is CCOC(=O)C1=C(C)N=c2s/c(=C/c3ccc(O)c(OCC)c3)c(=O)n2C1c1cccc2ccccc12. The molecular weight excluding hydrogens is 488 g/mol. The van der Waals surface area contributed by atoms with Crippen LogP contribution in [0.5, 0.6) is 11.5 Å². The van der Waals surface area contributed by atoms with Gasteiger partial charge in [0.2, 0.25) is 0 Å². The van der Waals surface area contributed by atoms with Gasteiger partial charge < -0.3 is 14.6 Å². The van der Waals surface area contributed by atoms with Crippen molar-refractivity contribution < 1.29 is 19.4 Å². The maximum Gasteiger partial charge on any atom is 0.338 e. The van der Waals surface area contributed by atoms with Crippen molar-refractivity contribution in [3.8, 4) is 11.5 Å². The fourth-order valence-electron chi connectivity index (χ4n) is 4.62. The number of phenolic OH excluding ortho intramolecular Hbond substituents is 1. The van der Waals surface area contributed by atoms with E-state index in [-0.39, 0.29) is 17.9 Å². The van der Waals surface area contributed by atoms with Gasteiger partial charge in [0.1, 0.15) is 0 Å².